The molecule has 0 aliphatic carbocycles. The van der Waals surface area contributed by atoms with E-state index in [-0.39, 0.29) is 5.91 Å². The van der Waals surface area contributed by atoms with Crippen LogP contribution >= 0.6 is 15.9 Å². The van der Waals surface area contributed by atoms with Crippen molar-refractivity contribution in [1.29, 1.82) is 0 Å². The van der Waals surface area contributed by atoms with Crippen LogP contribution in [0.5, 0.6) is 0 Å². The first-order chi connectivity index (χ1) is 11.5. The van der Waals surface area contributed by atoms with Gasteiger partial charge in [-0.15, -0.1) is 0 Å². The number of hydrogen-bond donors (Lipinski definition) is 0. The number of H-pyrrole nitrogens is 1. The molecular formula is C19H23BrN3O+. The number of hydrogen-bond acceptors (Lipinski definition) is 2. The molecule has 1 aromatic heterocycles. The number of rotatable bonds is 2. The van der Waals surface area contributed by atoms with E-state index in [2.05, 4.69) is 58.7 Å². The molecule has 4 nitrogen and oxygen atoms in total. The fourth-order valence-electron chi connectivity index (χ4n) is 3.16. The van der Waals surface area contributed by atoms with Gasteiger partial charge in [-0.05, 0) is 49.6 Å². The Morgan fingerprint density at radius 1 is 1.00 bits per heavy atom. The molecule has 2 aromatic rings. The minimum absolute atomic E-state index is 0.0928. The lowest BCUT2D eigenvalue weighted by Gasteiger charge is -2.37. The Morgan fingerprint density at radius 3 is 2.29 bits per heavy atom. The highest BCUT2D eigenvalue weighted by atomic mass is 79.9. The standard InChI is InChI=1S/C19H22BrN3O/c1-13-10-15(3)17(11-14(13)2)22-6-8-23(9-7-22)19(24)16-4-5-18(20)21-12-16/h4-5,10-12H,6-9H2,1-3H3/p+1. The van der Waals surface area contributed by atoms with Gasteiger partial charge in [0.25, 0.3) is 5.91 Å². The van der Waals surface area contributed by atoms with Crippen LogP contribution in [0.15, 0.2) is 35.1 Å². The van der Waals surface area contributed by atoms with Gasteiger partial charge in [0.15, 0.2) is 6.20 Å². The molecule has 1 saturated heterocycles. The summed E-state index contributed by atoms with van der Waals surface area (Å²) in [5, 5.41) is 0. The summed E-state index contributed by atoms with van der Waals surface area (Å²) >= 11 is 3.35. The van der Waals surface area contributed by atoms with Crippen molar-refractivity contribution in [2.45, 2.75) is 20.8 Å². The molecule has 1 amide bonds. The van der Waals surface area contributed by atoms with Crippen LogP contribution in [-0.2, 0) is 0 Å². The Bertz CT molecular complexity index is 750. The summed E-state index contributed by atoms with van der Waals surface area (Å²) in [6, 6.07) is 8.23. The summed E-state index contributed by atoms with van der Waals surface area (Å²) in [5.41, 5.74) is 5.95. The van der Waals surface area contributed by atoms with Crippen LogP contribution in [0.25, 0.3) is 0 Å². The topological polar surface area (TPSA) is 37.7 Å². The van der Waals surface area contributed by atoms with Crippen molar-refractivity contribution in [3.63, 3.8) is 0 Å². The Kier molecular flexibility index (Phi) is 4.90. The summed E-state index contributed by atoms with van der Waals surface area (Å²) in [6.07, 6.45) is 1.76. The van der Waals surface area contributed by atoms with Crippen molar-refractivity contribution >= 4 is 27.5 Å². The number of aromatic amines is 1. The van der Waals surface area contributed by atoms with Crippen molar-refractivity contribution in [1.82, 2.24) is 4.90 Å². The van der Waals surface area contributed by atoms with Gasteiger partial charge in [0.1, 0.15) is 5.56 Å². The van der Waals surface area contributed by atoms with E-state index in [1.807, 2.05) is 17.0 Å². The lowest BCUT2D eigenvalue weighted by Crippen LogP contribution is -2.49. The number of nitrogens with zero attached hydrogens (tertiary/aromatic N) is 2. The minimum atomic E-state index is 0.0928. The Morgan fingerprint density at radius 2 is 1.67 bits per heavy atom. The number of aryl methyl sites for hydroxylation is 3. The first-order valence-corrected chi connectivity index (χ1v) is 9.04. The molecule has 0 spiro atoms. The maximum Gasteiger partial charge on any atom is 0.260 e. The molecule has 5 heteroatoms. The van der Waals surface area contributed by atoms with E-state index in [1.54, 1.807) is 6.20 Å². The smallest absolute Gasteiger partial charge is 0.260 e. The lowest BCUT2D eigenvalue weighted by atomic mass is 10.0. The van der Waals surface area contributed by atoms with Crippen LogP contribution < -0.4 is 9.88 Å². The van der Waals surface area contributed by atoms with Gasteiger partial charge < -0.3 is 9.80 Å². The maximum atomic E-state index is 12.6. The second-order valence-corrected chi connectivity index (χ2v) is 7.28. The first-order valence-electron chi connectivity index (χ1n) is 8.25. The second kappa shape index (κ2) is 6.93. The molecule has 1 N–H and O–H groups in total. The van der Waals surface area contributed by atoms with Crippen LogP contribution in [0.2, 0.25) is 0 Å². The predicted molar refractivity (Wildman–Crippen MR) is 99.5 cm³/mol. The van der Waals surface area contributed by atoms with Crippen molar-refractivity contribution in [2.24, 2.45) is 0 Å². The average molecular weight is 389 g/mol. The van der Waals surface area contributed by atoms with Gasteiger partial charge in [0, 0.05) is 53.9 Å². The van der Waals surface area contributed by atoms with E-state index in [1.165, 1.54) is 22.4 Å². The molecule has 0 bridgehead atoms. The summed E-state index contributed by atoms with van der Waals surface area (Å²) in [5.74, 6) is 0.0928. The van der Waals surface area contributed by atoms with Gasteiger partial charge in [0.2, 0.25) is 4.60 Å². The molecule has 1 aromatic carbocycles. The molecule has 24 heavy (non-hydrogen) atoms. The predicted octanol–water partition coefficient (Wildman–Crippen LogP) is 3.15. The number of carbonyl (C=O) groups excluding carboxylic acids is 1. The van der Waals surface area contributed by atoms with E-state index < -0.39 is 0 Å². The largest absolute Gasteiger partial charge is 0.368 e. The zero-order chi connectivity index (χ0) is 17.3. The number of aromatic nitrogens is 1. The highest BCUT2D eigenvalue weighted by Gasteiger charge is 2.24. The van der Waals surface area contributed by atoms with Gasteiger partial charge in [-0.3, -0.25) is 4.79 Å². The fourth-order valence-corrected chi connectivity index (χ4v) is 3.40. The third-order valence-electron chi connectivity index (χ3n) is 4.74. The first kappa shape index (κ1) is 17.0. The third-order valence-corrected chi connectivity index (χ3v) is 5.23. The van der Waals surface area contributed by atoms with Crippen molar-refractivity contribution in [3.8, 4) is 0 Å². The van der Waals surface area contributed by atoms with E-state index >= 15 is 0 Å². The Labute approximate surface area is 151 Å². The van der Waals surface area contributed by atoms with E-state index in [0.29, 0.717) is 5.56 Å². The number of nitrogens with one attached hydrogen (secondary N) is 1. The molecule has 126 valence electrons. The van der Waals surface area contributed by atoms with E-state index in [9.17, 15) is 4.79 Å². The van der Waals surface area contributed by atoms with Gasteiger partial charge in [-0.25, -0.2) is 4.98 Å². The number of benzene rings is 1. The number of anilines is 1. The monoisotopic (exact) mass is 388 g/mol. The number of carbonyl (C=O) groups is 1. The van der Waals surface area contributed by atoms with Gasteiger partial charge in [-0.1, -0.05) is 6.07 Å². The summed E-state index contributed by atoms with van der Waals surface area (Å²) in [6.45, 7) is 9.71. The molecule has 0 atom stereocenters. The van der Waals surface area contributed by atoms with Crippen LogP contribution in [-0.4, -0.2) is 37.0 Å². The zero-order valence-corrected chi connectivity index (χ0v) is 16.0. The maximum absolute atomic E-state index is 12.6. The number of pyridine rings is 1. The SMILES string of the molecule is Cc1cc(C)c(N2CCN(C(=O)c3ccc(Br)[nH+]c3)CC2)cc1C. The van der Waals surface area contributed by atoms with Crippen molar-refractivity contribution in [2.75, 3.05) is 31.1 Å². The van der Waals surface area contributed by atoms with Gasteiger partial charge in [0.05, 0.1) is 0 Å². The molecule has 0 radical (unpaired) electrons. The fraction of sp³-hybridized carbons (Fsp3) is 0.368. The normalized spacial score (nSPS) is 14.8. The van der Waals surface area contributed by atoms with Crippen LogP contribution in [0.4, 0.5) is 5.69 Å². The highest BCUT2D eigenvalue weighted by Crippen LogP contribution is 2.25. The molecule has 2 heterocycles. The summed E-state index contributed by atoms with van der Waals surface area (Å²) in [7, 11) is 0. The second-order valence-electron chi connectivity index (χ2n) is 6.43. The molecule has 0 saturated carbocycles. The minimum Gasteiger partial charge on any atom is -0.368 e. The van der Waals surface area contributed by atoms with Gasteiger partial charge in [-0.2, -0.15) is 0 Å². The number of amides is 1. The Hall–Kier alpha value is -1.88. The Balaban J connectivity index is 1.68. The van der Waals surface area contributed by atoms with Crippen molar-refractivity contribution < 1.29 is 9.78 Å². The lowest BCUT2D eigenvalue weighted by molar-refractivity contribution is -0.392. The quantitative estimate of drug-likeness (QED) is 0.741. The molecule has 1 aliphatic heterocycles. The summed E-state index contributed by atoms with van der Waals surface area (Å²) < 4.78 is 0.870. The van der Waals surface area contributed by atoms with E-state index in [4.69, 9.17) is 0 Å². The molecule has 0 unspecified atom stereocenters. The summed E-state index contributed by atoms with van der Waals surface area (Å²) in [4.78, 5) is 19.9. The average Bonchev–Trinajstić information content (AvgIpc) is 2.58. The zero-order valence-electron chi connectivity index (χ0n) is 14.4. The van der Waals surface area contributed by atoms with Crippen LogP contribution in [0, 0.1) is 20.8 Å². The van der Waals surface area contributed by atoms with Crippen LogP contribution in [0.3, 0.4) is 0 Å². The molecular weight excluding hydrogens is 366 g/mol. The third kappa shape index (κ3) is 3.46. The number of halogens is 1. The highest BCUT2D eigenvalue weighted by molar-refractivity contribution is 9.10. The molecule has 1 fully saturated rings. The van der Waals surface area contributed by atoms with Crippen molar-refractivity contribution in [3.05, 3.63) is 57.3 Å². The van der Waals surface area contributed by atoms with E-state index in [0.717, 1.165) is 30.8 Å². The van der Waals surface area contributed by atoms with Gasteiger partial charge >= 0.3 is 0 Å². The molecule has 3 rings (SSSR count). The number of piperazine rings is 1. The van der Waals surface area contributed by atoms with Crippen LogP contribution in [0.1, 0.15) is 27.0 Å². The molecule has 1 aliphatic rings.